The molecule has 0 aliphatic carbocycles. The van der Waals surface area contributed by atoms with Crippen LogP contribution in [-0.4, -0.2) is 4.92 Å². The molecule has 0 aliphatic heterocycles. The van der Waals surface area contributed by atoms with Crippen molar-refractivity contribution in [1.29, 1.82) is 0 Å². The van der Waals surface area contributed by atoms with Crippen molar-refractivity contribution in [2.75, 3.05) is 5.32 Å². The van der Waals surface area contributed by atoms with Crippen molar-refractivity contribution in [3.63, 3.8) is 0 Å². The normalized spacial score (nSPS) is 11.9. The first kappa shape index (κ1) is 10.5. The van der Waals surface area contributed by atoms with E-state index in [4.69, 9.17) is 11.6 Å². The number of hydrogen-bond donors (Lipinski definition) is 1. The fraction of sp³-hybridized carbons (Fsp3) is 0.111. The van der Waals surface area contributed by atoms with Gasteiger partial charge in [-0.1, -0.05) is 18.2 Å². The molecule has 0 aromatic heterocycles. The summed E-state index contributed by atoms with van der Waals surface area (Å²) >= 11 is 5.43. The van der Waals surface area contributed by atoms with Gasteiger partial charge in [0.15, 0.2) is 0 Å². The summed E-state index contributed by atoms with van der Waals surface area (Å²) in [5.74, 6) is 0. The molecule has 0 spiro atoms. The van der Waals surface area contributed by atoms with Crippen molar-refractivity contribution in [1.82, 2.24) is 0 Å². The Morgan fingerprint density at radius 1 is 1.43 bits per heavy atom. The van der Waals surface area contributed by atoms with Gasteiger partial charge in [0.25, 0.3) is 0 Å². The third-order valence-corrected chi connectivity index (χ3v) is 2.00. The molecule has 1 aromatic rings. The molecule has 0 unspecified atom stereocenters. The average Bonchev–Trinajstić information content (AvgIpc) is 2.18. The largest absolute Gasteiger partial charge is 0.356 e. The molecule has 1 N–H and O–H groups in total. The average molecular weight is 213 g/mol. The highest BCUT2D eigenvalue weighted by molar-refractivity contribution is 6.28. The minimum Gasteiger partial charge on any atom is -0.353 e. The summed E-state index contributed by atoms with van der Waals surface area (Å²) in [4.78, 5) is 9.67. The number of nitrogens with zero attached hydrogens (tertiary/aromatic N) is 1. The Labute approximate surface area is 86.3 Å². The van der Waals surface area contributed by atoms with Gasteiger partial charge in [0.05, 0.1) is 4.92 Å². The molecule has 0 saturated heterocycles. The van der Waals surface area contributed by atoms with Gasteiger partial charge >= 0.3 is 5.16 Å². The number of anilines is 1. The third kappa shape index (κ3) is 2.74. The van der Waals surface area contributed by atoms with Gasteiger partial charge in [-0.2, -0.15) is 0 Å². The van der Waals surface area contributed by atoms with Gasteiger partial charge in [-0.05, 0) is 30.7 Å². The second-order valence-electron chi connectivity index (χ2n) is 2.66. The second kappa shape index (κ2) is 4.62. The van der Waals surface area contributed by atoms with E-state index in [0.717, 1.165) is 5.69 Å². The van der Waals surface area contributed by atoms with Crippen molar-refractivity contribution < 1.29 is 4.92 Å². The maximum Gasteiger partial charge on any atom is 0.356 e. The van der Waals surface area contributed by atoms with Crippen LogP contribution in [0.4, 0.5) is 5.69 Å². The number of allylic oxidation sites excluding steroid dienone is 1. The summed E-state index contributed by atoms with van der Waals surface area (Å²) < 4.78 is 0. The highest BCUT2D eigenvalue weighted by Crippen LogP contribution is 2.14. The van der Waals surface area contributed by atoms with Crippen molar-refractivity contribution in [2.24, 2.45) is 0 Å². The van der Waals surface area contributed by atoms with Crippen LogP contribution >= 0.6 is 11.6 Å². The molecule has 0 heterocycles. The van der Waals surface area contributed by atoms with E-state index in [1.165, 1.54) is 0 Å². The summed E-state index contributed by atoms with van der Waals surface area (Å²) in [5.41, 5.74) is 1.09. The summed E-state index contributed by atoms with van der Waals surface area (Å²) in [5, 5.41) is 12.7. The SMILES string of the molecule is CC(Nc1ccccc1)=C(Cl)[N+](=O)[O-]. The van der Waals surface area contributed by atoms with E-state index < -0.39 is 10.1 Å². The summed E-state index contributed by atoms with van der Waals surface area (Å²) in [7, 11) is 0. The minimum atomic E-state index is -0.632. The van der Waals surface area contributed by atoms with Gasteiger partial charge in [-0.25, -0.2) is 0 Å². The van der Waals surface area contributed by atoms with Gasteiger partial charge in [-0.15, -0.1) is 0 Å². The Balaban J connectivity index is 2.80. The highest BCUT2D eigenvalue weighted by Gasteiger charge is 2.10. The maximum atomic E-state index is 10.3. The van der Waals surface area contributed by atoms with Gasteiger partial charge in [-0.3, -0.25) is 10.1 Å². The molecule has 5 heteroatoms. The fourth-order valence-corrected chi connectivity index (χ4v) is 0.974. The van der Waals surface area contributed by atoms with E-state index in [0.29, 0.717) is 5.70 Å². The molecular weight excluding hydrogens is 204 g/mol. The maximum absolute atomic E-state index is 10.3. The second-order valence-corrected chi connectivity index (χ2v) is 3.02. The van der Waals surface area contributed by atoms with E-state index in [-0.39, 0.29) is 0 Å². The molecule has 1 rings (SSSR count). The van der Waals surface area contributed by atoms with Crippen LogP contribution in [0.2, 0.25) is 0 Å². The monoisotopic (exact) mass is 212 g/mol. The lowest BCUT2D eigenvalue weighted by atomic mass is 10.3. The first-order chi connectivity index (χ1) is 6.61. The Morgan fingerprint density at radius 3 is 2.50 bits per heavy atom. The van der Waals surface area contributed by atoms with E-state index in [1.807, 2.05) is 18.2 Å². The predicted molar refractivity (Wildman–Crippen MR) is 55.6 cm³/mol. The number of nitro groups is 1. The van der Waals surface area contributed by atoms with E-state index in [2.05, 4.69) is 5.32 Å². The van der Waals surface area contributed by atoms with Crippen LogP contribution in [-0.2, 0) is 0 Å². The number of hydrogen-bond acceptors (Lipinski definition) is 3. The lowest BCUT2D eigenvalue weighted by Gasteiger charge is -2.04. The molecule has 0 saturated carbocycles. The zero-order chi connectivity index (χ0) is 10.6. The van der Waals surface area contributed by atoms with Gasteiger partial charge in [0.1, 0.15) is 5.70 Å². The number of benzene rings is 1. The van der Waals surface area contributed by atoms with E-state index in [9.17, 15) is 10.1 Å². The molecular formula is C9H9ClN2O2. The van der Waals surface area contributed by atoms with Gasteiger partial charge in [0, 0.05) is 5.69 Å². The van der Waals surface area contributed by atoms with Crippen molar-refractivity contribution in [3.05, 3.63) is 51.3 Å². The molecule has 0 fully saturated rings. The standard InChI is InChI=1S/C9H9ClN2O2/c1-7(9(10)12(13)14)11-8-5-3-2-4-6-8/h2-6,11H,1H3. The zero-order valence-electron chi connectivity index (χ0n) is 7.53. The van der Waals surface area contributed by atoms with Crippen molar-refractivity contribution in [2.45, 2.75) is 6.92 Å². The highest BCUT2D eigenvalue weighted by atomic mass is 35.5. The van der Waals surface area contributed by atoms with Gasteiger partial charge in [0.2, 0.25) is 0 Å². The summed E-state index contributed by atoms with van der Waals surface area (Å²) in [6.07, 6.45) is 0. The van der Waals surface area contributed by atoms with Crippen LogP contribution in [0, 0.1) is 10.1 Å². The van der Waals surface area contributed by atoms with Crippen LogP contribution in [0.15, 0.2) is 41.2 Å². The smallest absolute Gasteiger partial charge is 0.353 e. The topological polar surface area (TPSA) is 55.2 Å². The predicted octanol–water partition coefficient (Wildman–Crippen LogP) is 2.80. The number of nitrogens with one attached hydrogen (secondary N) is 1. The summed E-state index contributed by atoms with van der Waals surface area (Å²) in [6.45, 7) is 1.55. The van der Waals surface area contributed by atoms with Crippen LogP contribution in [0.25, 0.3) is 0 Å². The van der Waals surface area contributed by atoms with Gasteiger partial charge < -0.3 is 5.32 Å². The molecule has 1 aromatic carbocycles. The Morgan fingerprint density at radius 2 is 2.00 bits per heavy atom. The number of rotatable bonds is 3. The van der Waals surface area contributed by atoms with E-state index in [1.54, 1.807) is 19.1 Å². The van der Waals surface area contributed by atoms with Crippen molar-refractivity contribution in [3.8, 4) is 0 Å². The van der Waals surface area contributed by atoms with Crippen LogP contribution in [0.3, 0.4) is 0 Å². The first-order valence-electron chi connectivity index (χ1n) is 3.94. The van der Waals surface area contributed by atoms with E-state index >= 15 is 0 Å². The molecule has 0 aliphatic rings. The Bertz CT molecular complexity index is 362. The lowest BCUT2D eigenvalue weighted by Crippen LogP contribution is -2.03. The molecule has 4 nitrogen and oxygen atoms in total. The molecule has 14 heavy (non-hydrogen) atoms. The first-order valence-corrected chi connectivity index (χ1v) is 4.32. The molecule has 0 amide bonds. The van der Waals surface area contributed by atoms with Crippen LogP contribution in [0.1, 0.15) is 6.92 Å². The number of halogens is 1. The van der Waals surface area contributed by atoms with Crippen LogP contribution < -0.4 is 5.32 Å². The lowest BCUT2D eigenvalue weighted by molar-refractivity contribution is -0.413. The quantitative estimate of drug-likeness (QED) is 0.476. The zero-order valence-corrected chi connectivity index (χ0v) is 8.28. The molecule has 0 bridgehead atoms. The fourth-order valence-electron chi connectivity index (χ4n) is 0.926. The molecule has 0 radical (unpaired) electrons. The Kier molecular flexibility index (Phi) is 3.48. The Hall–Kier alpha value is -1.55. The third-order valence-electron chi connectivity index (χ3n) is 1.58. The van der Waals surface area contributed by atoms with Crippen LogP contribution in [0.5, 0.6) is 0 Å². The minimum absolute atomic E-state index is 0.322. The number of para-hydroxylation sites is 1. The summed E-state index contributed by atoms with van der Waals surface area (Å²) in [6, 6.07) is 9.12. The molecule has 74 valence electrons. The van der Waals surface area contributed by atoms with Crippen molar-refractivity contribution >= 4 is 17.3 Å². The molecule has 0 atom stereocenters.